The number of aliphatic hydroxyl groups is 1. The standard InChI is InChI=1S/C14H20ClNO3/c1-16(9-12(17)10-19-2)14(18)8-7-11-5-3-4-6-13(11)15/h3-6,12,17H,7-10H2,1-2H3. The van der Waals surface area contributed by atoms with Crippen LogP contribution >= 0.6 is 11.6 Å². The van der Waals surface area contributed by atoms with E-state index in [2.05, 4.69) is 0 Å². The first kappa shape index (κ1) is 16.0. The second-order valence-corrected chi connectivity index (χ2v) is 4.88. The average molecular weight is 286 g/mol. The molecule has 0 aliphatic rings. The van der Waals surface area contributed by atoms with Gasteiger partial charge in [0, 0.05) is 32.1 Å². The molecule has 0 radical (unpaired) electrons. The summed E-state index contributed by atoms with van der Waals surface area (Å²) in [5, 5.41) is 10.2. The molecule has 5 heteroatoms. The SMILES string of the molecule is COCC(O)CN(C)C(=O)CCc1ccccc1Cl. The fraction of sp³-hybridized carbons (Fsp3) is 0.500. The molecule has 1 rings (SSSR count). The lowest BCUT2D eigenvalue weighted by molar-refractivity contribution is -0.131. The fourth-order valence-corrected chi connectivity index (χ4v) is 2.03. The van der Waals surface area contributed by atoms with Crippen LogP contribution in [0.4, 0.5) is 0 Å². The maximum Gasteiger partial charge on any atom is 0.222 e. The Labute approximate surface area is 118 Å². The van der Waals surface area contributed by atoms with E-state index in [0.717, 1.165) is 5.56 Å². The van der Waals surface area contributed by atoms with Crippen LogP contribution in [0.15, 0.2) is 24.3 Å². The number of rotatable bonds is 7. The molecule has 0 aliphatic heterocycles. The Morgan fingerprint density at radius 3 is 2.79 bits per heavy atom. The Balaban J connectivity index is 2.40. The highest BCUT2D eigenvalue weighted by atomic mass is 35.5. The minimum atomic E-state index is -0.653. The van der Waals surface area contributed by atoms with Gasteiger partial charge in [-0.25, -0.2) is 0 Å². The van der Waals surface area contributed by atoms with E-state index in [1.165, 1.54) is 12.0 Å². The quantitative estimate of drug-likeness (QED) is 0.830. The lowest BCUT2D eigenvalue weighted by Crippen LogP contribution is -2.36. The molecule has 0 bridgehead atoms. The maximum atomic E-state index is 11.9. The molecule has 1 unspecified atom stereocenters. The highest BCUT2D eigenvalue weighted by Crippen LogP contribution is 2.16. The van der Waals surface area contributed by atoms with E-state index in [1.807, 2.05) is 24.3 Å². The summed E-state index contributed by atoms with van der Waals surface area (Å²) in [4.78, 5) is 13.4. The van der Waals surface area contributed by atoms with Gasteiger partial charge in [-0.1, -0.05) is 29.8 Å². The number of aliphatic hydroxyl groups excluding tert-OH is 1. The molecule has 4 nitrogen and oxygen atoms in total. The Hall–Kier alpha value is -1.10. The van der Waals surface area contributed by atoms with Crippen LogP contribution in [0.5, 0.6) is 0 Å². The molecule has 0 fully saturated rings. The number of likely N-dealkylation sites (N-methyl/N-ethyl adjacent to an activating group) is 1. The lowest BCUT2D eigenvalue weighted by Gasteiger charge is -2.20. The molecule has 19 heavy (non-hydrogen) atoms. The highest BCUT2D eigenvalue weighted by Gasteiger charge is 2.13. The summed E-state index contributed by atoms with van der Waals surface area (Å²) in [6, 6.07) is 7.49. The van der Waals surface area contributed by atoms with Crippen LogP contribution in [0.2, 0.25) is 5.02 Å². The smallest absolute Gasteiger partial charge is 0.222 e. The highest BCUT2D eigenvalue weighted by molar-refractivity contribution is 6.31. The first-order chi connectivity index (χ1) is 9.04. The predicted molar refractivity (Wildman–Crippen MR) is 75.3 cm³/mol. The van der Waals surface area contributed by atoms with Crippen LogP contribution < -0.4 is 0 Å². The minimum absolute atomic E-state index is 0.0185. The van der Waals surface area contributed by atoms with Crippen molar-refractivity contribution in [1.29, 1.82) is 0 Å². The van der Waals surface area contributed by atoms with Gasteiger partial charge >= 0.3 is 0 Å². The summed E-state index contributed by atoms with van der Waals surface area (Å²) in [7, 11) is 3.19. The number of aryl methyl sites for hydroxylation is 1. The number of carbonyl (C=O) groups is 1. The van der Waals surface area contributed by atoms with Crippen LogP contribution in [0.1, 0.15) is 12.0 Å². The van der Waals surface area contributed by atoms with Crippen LogP contribution in [-0.4, -0.2) is 49.3 Å². The molecule has 0 heterocycles. The third kappa shape index (κ3) is 5.59. The number of ether oxygens (including phenoxy) is 1. The minimum Gasteiger partial charge on any atom is -0.389 e. The summed E-state index contributed by atoms with van der Waals surface area (Å²) in [5.41, 5.74) is 0.961. The van der Waals surface area contributed by atoms with Gasteiger partial charge in [0.25, 0.3) is 0 Å². The van der Waals surface area contributed by atoms with Crippen molar-refractivity contribution in [2.75, 3.05) is 27.3 Å². The molecule has 1 N–H and O–H groups in total. The Morgan fingerprint density at radius 1 is 1.47 bits per heavy atom. The zero-order chi connectivity index (χ0) is 14.3. The largest absolute Gasteiger partial charge is 0.389 e. The molecule has 1 atom stereocenters. The maximum absolute atomic E-state index is 11.9. The molecule has 0 aliphatic carbocycles. The average Bonchev–Trinajstić information content (AvgIpc) is 2.37. The van der Waals surface area contributed by atoms with Gasteiger partial charge in [0.05, 0.1) is 12.7 Å². The molecule has 0 aromatic heterocycles. The molecule has 106 valence electrons. The van der Waals surface area contributed by atoms with E-state index in [1.54, 1.807) is 7.05 Å². The van der Waals surface area contributed by atoms with Crippen LogP contribution in [0.25, 0.3) is 0 Å². The van der Waals surface area contributed by atoms with Crippen molar-refractivity contribution in [2.24, 2.45) is 0 Å². The summed E-state index contributed by atoms with van der Waals surface area (Å²) in [6.45, 7) is 0.497. The number of hydrogen-bond acceptors (Lipinski definition) is 3. The van der Waals surface area contributed by atoms with E-state index in [4.69, 9.17) is 16.3 Å². The van der Waals surface area contributed by atoms with E-state index in [9.17, 15) is 9.90 Å². The summed E-state index contributed by atoms with van der Waals surface area (Å²) in [5.74, 6) is -0.0185. The van der Waals surface area contributed by atoms with Crippen LogP contribution in [-0.2, 0) is 16.0 Å². The number of halogens is 1. The number of carbonyl (C=O) groups excluding carboxylic acids is 1. The van der Waals surface area contributed by atoms with Gasteiger partial charge in [0.2, 0.25) is 5.91 Å². The first-order valence-electron chi connectivity index (χ1n) is 6.19. The van der Waals surface area contributed by atoms with Crippen molar-refractivity contribution in [2.45, 2.75) is 18.9 Å². The Morgan fingerprint density at radius 2 is 2.16 bits per heavy atom. The molecular formula is C14H20ClNO3. The lowest BCUT2D eigenvalue weighted by atomic mass is 10.1. The number of hydrogen-bond donors (Lipinski definition) is 1. The van der Waals surface area contributed by atoms with E-state index >= 15 is 0 Å². The van der Waals surface area contributed by atoms with Crippen molar-refractivity contribution in [3.8, 4) is 0 Å². The molecule has 0 saturated carbocycles. The van der Waals surface area contributed by atoms with Gasteiger partial charge in [-0.05, 0) is 18.1 Å². The fourth-order valence-electron chi connectivity index (χ4n) is 1.80. The van der Waals surface area contributed by atoms with Gasteiger partial charge in [-0.3, -0.25) is 4.79 Å². The second-order valence-electron chi connectivity index (χ2n) is 4.47. The zero-order valence-corrected chi connectivity index (χ0v) is 12.1. The van der Waals surface area contributed by atoms with Crippen molar-refractivity contribution in [1.82, 2.24) is 4.90 Å². The van der Waals surface area contributed by atoms with Crippen molar-refractivity contribution >= 4 is 17.5 Å². The molecule has 1 aromatic rings. The normalized spacial score (nSPS) is 12.2. The number of amides is 1. The number of benzene rings is 1. The Kier molecular flexibility index (Phi) is 6.84. The summed E-state index contributed by atoms with van der Waals surface area (Å²) < 4.78 is 4.82. The van der Waals surface area contributed by atoms with Gasteiger partial charge in [0.15, 0.2) is 0 Å². The molecule has 1 amide bonds. The topological polar surface area (TPSA) is 49.8 Å². The number of nitrogens with zero attached hydrogens (tertiary/aromatic N) is 1. The van der Waals surface area contributed by atoms with Crippen molar-refractivity contribution in [3.63, 3.8) is 0 Å². The third-order valence-corrected chi connectivity index (χ3v) is 3.20. The summed E-state index contributed by atoms with van der Waals surface area (Å²) >= 11 is 6.03. The van der Waals surface area contributed by atoms with Gasteiger partial charge in [-0.2, -0.15) is 0 Å². The zero-order valence-electron chi connectivity index (χ0n) is 11.3. The first-order valence-corrected chi connectivity index (χ1v) is 6.56. The monoisotopic (exact) mass is 285 g/mol. The molecule has 0 saturated heterocycles. The summed E-state index contributed by atoms with van der Waals surface area (Å²) in [6.07, 6.45) is 0.322. The number of methoxy groups -OCH3 is 1. The van der Waals surface area contributed by atoms with Crippen molar-refractivity contribution < 1.29 is 14.6 Å². The van der Waals surface area contributed by atoms with E-state index in [0.29, 0.717) is 17.9 Å². The van der Waals surface area contributed by atoms with Crippen LogP contribution in [0, 0.1) is 0 Å². The second kappa shape index (κ2) is 8.15. The van der Waals surface area contributed by atoms with Gasteiger partial charge < -0.3 is 14.7 Å². The predicted octanol–water partition coefficient (Wildman–Crippen LogP) is 1.74. The molecular weight excluding hydrogens is 266 g/mol. The van der Waals surface area contributed by atoms with Gasteiger partial charge in [0.1, 0.15) is 0 Å². The van der Waals surface area contributed by atoms with E-state index in [-0.39, 0.29) is 19.1 Å². The van der Waals surface area contributed by atoms with Gasteiger partial charge in [-0.15, -0.1) is 0 Å². The van der Waals surface area contributed by atoms with Crippen molar-refractivity contribution in [3.05, 3.63) is 34.9 Å². The third-order valence-electron chi connectivity index (χ3n) is 2.84. The molecule has 0 spiro atoms. The Bertz CT molecular complexity index is 411. The van der Waals surface area contributed by atoms with Crippen LogP contribution in [0.3, 0.4) is 0 Å². The molecule has 1 aromatic carbocycles. The van der Waals surface area contributed by atoms with E-state index < -0.39 is 6.10 Å².